The lowest BCUT2D eigenvalue weighted by molar-refractivity contribution is -0.151. The van der Waals surface area contributed by atoms with Crippen molar-refractivity contribution < 1.29 is 27.9 Å². The first-order valence-electron chi connectivity index (χ1n) is 9.11. The molecule has 2 aromatic rings. The van der Waals surface area contributed by atoms with Gasteiger partial charge in [0.15, 0.2) is 18.2 Å². The van der Waals surface area contributed by atoms with Crippen molar-refractivity contribution in [3.63, 3.8) is 0 Å². The number of carbonyl (C=O) groups is 3. The molecule has 1 heterocycles. The van der Waals surface area contributed by atoms with E-state index in [4.69, 9.17) is 4.74 Å². The minimum absolute atomic E-state index is 0.0147. The summed E-state index contributed by atoms with van der Waals surface area (Å²) in [5.74, 6) is -4.30. The highest BCUT2D eigenvalue weighted by atomic mass is 19.2. The van der Waals surface area contributed by atoms with E-state index in [0.29, 0.717) is 0 Å². The summed E-state index contributed by atoms with van der Waals surface area (Å²) < 4.78 is 31.1. The molecule has 1 saturated heterocycles. The smallest absolute Gasteiger partial charge is 0.311 e. The van der Waals surface area contributed by atoms with Crippen LogP contribution in [0.2, 0.25) is 0 Å². The summed E-state index contributed by atoms with van der Waals surface area (Å²) in [6, 6.07) is 12.2. The maximum absolute atomic E-state index is 13.2. The van der Waals surface area contributed by atoms with Crippen molar-refractivity contribution in [1.82, 2.24) is 4.90 Å². The Morgan fingerprint density at radius 3 is 2.59 bits per heavy atom. The van der Waals surface area contributed by atoms with Crippen LogP contribution in [-0.2, 0) is 19.1 Å². The van der Waals surface area contributed by atoms with Crippen molar-refractivity contribution in [3.8, 4) is 0 Å². The number of nitrogens with zero attached hydrogens (tertiary/aromatic N) is 1. The molecule has 1 N–H and O–H groups in total. The Balaban J connectivity index is 1.51. The van der Waals surface area contributed by atoms with Crippen LogP contribution in [0.4, 0.5) is 14.5 Å². The molecule has 1 aliphatic rings. The molecule has 0 aromatic heterocycles. The third-order valence-corrected chi connectivity index (χ3v) is 4.79. The second-order valence-electron chi connectivity index (χ2n) is 6.82. The molecule has 6 nitrogen and oxygen atoms in total. The summed E-state index contributed by atoms with van der Waals surface area (Å²) in [6.07, 6.45) is 0.0147. The van der Waals surface area contributed by atoms with Gasteiger partial charge in [-0.3, -0.25) is 14.4 Å². The second kappa shape index (κ2) is 8.81. The SMILES string of the molecule is C[C@@H](c1ccccc1)N1C[C@H](C(=O)OCC(=O)Nc2ccc(F)c(F)c2)CC1=O. The maximum atomic E-state index is 13.2. The normalized spacial score (nSPS) is 17.1. The van der Waals surface area contributed by atoms with Crippen molar-refractivity contribution >= 4 is 23.5 Å². The lowest BCUT2D eigenvalue weighted by atomic mass is 10.1. The molecule has 0 unspecified atom stereocenters. The fraction of sp³-hybridized carbons (Fsp3) is 0.286. The van der Waals surface area contributed by atoms with Crippen LogP contribution in [0.1, 0.15) is 24.9 Å². The van der Waals surface area contributed by atoms with Crippen molar-refractivity contribution in [2.75, 3.05) is 18.5 Å². The van der Waals surface area contributed by atoms with Crippen LogP contribution in [0, 0.1) is 17.6 Å². The Hall–Kier alpha value is -3.29. The molecule has 2 amide bonds. The zero-order valence-electron chi connectivity index (χ0n) is 15.7. The van der Waals surface area contributed by atoms with E-state index in [0.717, 1.165) is 17.7 Å². The first kappa shape index (κ1) is 20.4. The van der Waals surface area contributed by atoms with E-state index in [9.17, 15) is 23.2 Å². The second-order valence-corrected chi connectivity index (χ2v) is 6.82. The van der Waals surface area contributed by atoms with E-state index in [-0.39, 0.29) is 30.6 Å². The molecule has 0 aliphatic carbocycles. The molecular weight excluding hydrogens is 382 g/mol. The van der Waals surface area contributed by atoms with Crippen LogP contribution < -0.4 is 5.32 Å². The van der Waals surface area contributed by atoms with Gasteiger partial charge in [0, 0.05) is 24.7 Å². The summed E-state index contributed by atoms with van der Waals surface area (Å²) in [6.45, 7) is 1.51. The third-order valence-electron chi connectivity index (χ3n) is 4.79. The summed E-state index contributed by atoms with van der Waals surface area (Å²) in [5, 5.41) is 2.31. The number of benzene rings is 2. The zero-order valence-corrected chi connectivity index (χ0v) is 15.7. The molecule has 8 heteroatoms. The first-order chi connectivity index (χ1) is 13.8. The van der Waals surface area contributed by atoms with Gasteiger partial charge in [-0.05, 0) is 24.6 Å². The van der Waals surface area contributed by atoms with E-state index < -0.39 is 36.0 Å². The highest BCUT2D eigenvalue weighted by Crippen LogP contribution is 2.29. The van der Waals surface area contributed by atoms with Gasteiger partial charge >= 0.3 is 5.97 Å². The van der Waals surface area contributed by atoms with Crippen LogP contribution in [0.15, 0.2) is 48.5 Å². The van der Waals surface area contributed by atoms with E-state index in [1.54, 1.807) is 4.90 Å². The molecule has 29 heavy (non-hydrogen) atoms. The highest BCUT2D eigenvalue weighted by molar-refractivity contribution is 5.93. The van der Waals surface area contributed by atoms with E-state index >= 15 is 0 Å². The van der Waals surface area contributed by atoms with E-state index in [1.165, 1.54) is 6.07 Å². The molecular formula is C21H20F2N2O4. The Kier molecular flexibility index (Phi) is 6.21. The molecule has 2 aromatic carbocycles. The minimum Gasteiger partial charge on any atom is -0.455 e. The van der Waals surface area contributed by atoms with E-state index in [2.05, 4.69) is 5.32 Å². The lowest BCUT2D eigenvalue weighted by Gasteiger charge is -2.25. The quantitative estimate of drug-likeness (QED) is 0.754. The Morgan fingerprint density at radius 1 is 1.17 bits per heavy atom. The van der Waals surface area contributed by atoms with Gasteiger partial charge in [0.2, 0.25) is 5.91 Å². The molecule has 0 radical (unpaired) electrons. The number of halogens is 2. The number of carbonyl (C=O) groups excluding carboxylic acids is 3. The number of esters is 1. The van der Waals surface area contributed by atoms with Crippen molar-refractivity contribution in [3.05, 3.63) is 65.7 Å². The summed E-state index contributed by atoms with van der Waals surface area (Å²) >= 11 is 0. The molecule has 0 bridgehead atoms. The Labute approximate surface area is 166 Å². The number of nitrogens with one attached hydrogen (secondary N) is 1. The van der Waals surface area contributed by atoms with Crippen LogP contribution >= 0.6 is 0 Å². The van der Waals surface area contributed by atoms with Crippen molar-refractivity contribution in [1.29, 1.82) is 0 Å². The Bertz CT molecular complexity index is 920. The predicted octanol–water partition coefficient (Wildman–Crippen LogP) is 3.06. The number of amides is 2. The van der Waals surface area contributed by atoms with Gasteiger partial charge in [0.05, 0.1) is 12.0 Å². The average Bonchev–Trinajstić information content (AvgIpc) is 3.11. The van der Waals surface area contributed by atoms with Crippen molar-refractivity contribution in [2.45, 2.75) is 19.4 Å². The van der Waals surface area contributed by atoms with Crippen molar-refractivity contribution in [2.24, 2.45) is 5.92 Å². The Morgan fingerprint density at radius 2 is 1.90 bits per heavy atom. The summed E-state index contributed by atoms with van der Waals surface area (Å²) in [4.78, 5) is 38.1. The van der Waals surface area contributed by atoms with Gasteiger partial charge < -0.3 is 15.0 Å². The largest absolute Gasteiger partial charge is 0.455 e. The molecule has 1 fully saturated rings. The number of hydrogen-bond acceptors (Lipinski definition) is 4. The van der Waals surface area contributed by atoms with Crippen LogP contribution in [0.3, 0.4) is 0 Å². The van der Waals surface area contributed by atoms with Crippen LogP contribution in [0.25, 0.3) is 0 Å². The topological polar surface area (TPSA) is 75.7 Å². The van der Waals surface area contributed by atoms with Gasteiger partial charge in [-0.2, -0.15) is 0 Å². The van der Waals surface area contributed by atoms with Gasteiger partial charge in [0.25, 0.3) is 5.91 Å². The van der Waals surface area contributed by atoms with Crippen LogP contribution in [0.5, 0.6) is 0 Å². The summed E-state index contributed by atoms with van der Waals surface area (Å²) in [7, 11) is 0. The average molecular weight is 402 g/mol. The molecule has 1 aliphatic heterocycles. The first-order valence-corrected chi connectivity index (χ1v) is 9.11. The number of rotatable bonds is 6. The molecule has 2 atom stereocenters. The number of ether oxygens (including phenoxy) is 1. The predicted molar refractivity (Wildman–Crippen MR) is 101 cm³/mol. The van der Waals surface area contributed by atoms with Crippen LogP contribution in [-0.4, -0.2) is 35.8 Å². The van der Waals surface area contributed by atoms with Gasteiger partial charge in [-0.1, -0.05) is 30.3 Å². The fourth-order valence-electron chi connectivity index (χ4n) is 3.20. The van der Waals surface area contributed by atoms with E-state index in [1.807, 2.05) is 37.3 Å². The molecule has 0 spiro atoms. The molecule has 3 rings (SSSR count). The summed E-state index contributed by atoms with van der Waals surface area (Å²) in [5.41, 5.74) is 1.00. The number of anilines is 1. The zero-order chi connectivity index (χ0) is 21.0. The minimum atomic E-state index is -1.10. The molecule has 0 saturated carbocycles. The fourth-order valence-corrected chi connectivity index (χ4v) is 3.20. The number of hydrogen-bond donors (Lipinski definition) is 1. The lowest BCUT2D eigenvalue weighted by Crippen LogP contribution is -2.30. The monoisotopic (exact) mass is 402 g/mol. The maximum Gasteiger partial charge on any atom is 0.311 e. The van der Waals surface area contributed by atoms with Gasteiger partial charge in [-0.15, -0.1) is 0 Å². The third kappa shape index (κ3) is 4.96. The standard InChI is InChI=1S/C21H20F2N2O4/c1-13(14-5-3-2-4-6-14)25-11-15(9-20(25)27)21(28)29-12-19(26)24-16-7-8-17(22)18(23)10-16/h2-8,10,13,15H,9,11-12H2,1H3,(H,24,26)/t13-,15+/m0/s1. The molecule has 152 valence electrons. The number of likely N-dealkylation sites (tertiary alicyclic amines) is 1. The van der Waals surface area contributed by atoms with Gasteiger partial charge in [-0.25, -0.2) is 8.78 Å². The highest BCUT2D eigenvalue weighted by Gasteiger charge is 2.38. The van der Waals surface area contributed by atoms with Gasteiger partial charge in [0.1, 0.15) is 0 Å².